The molecular formula is C9H9Cl4NO2. The van der Waals surface area contributed by atoms with Crippen molar-refractivity contribution in [2.75, 3.05) is 0 Å². The Balaban J connectivity index is 4.38. The van der Waals surface area contributed by atoms with Crippen LogP contribution in [0.3, 0.4) is 0 Å². The van der Waals surface area contributed by atoms with Gasteiger partial charge in [0.1, 0.15) is 5.71 Å². The van der Waals surface area contributed by atoms with Gasteiger partial charge in [-0.2, -0.15) is 0 Å². The molecule has 0 radical (unpaired) electrons. The highest BCUT2D eigenvalue weighted by Gasteiger charge is 2.18. The average molecular weight is 305 g/mol. The molecule has 0 aliphatic carbocycles. The molecule has 0 spiro atoms. The molecule has 0 unspecified atom stereocenters. The maximum atomic E-state index is 11.0. The fraction of sp³-hybridized carbons (Fsp3) is 0.333. The van der Waals surface area contributed by atoms with Gasteiger partial charge in [0.2, 0.25) is 0 Å². The Labute approximate surface area is 114 Å². The number of carbonyl (C=O) groups is 1. The molecule has 0 bridgehead atoms. The Morgan fingerprint density at radius 2 is 1.75 bits per heavy atom. The van der Waals surface area contributed by atoms with Gasteiger partial charge in [-0.1, -0.05) is 69.8 Å². The molecule has 16 heavy (non-hydrogen) atoms. The summed E-state index contributed by atoms with van der Waals surface area (Å²) in [6.07, 6.45) is 6.08. The molecule has 0 rings (SSSR count). The zero-order chi connectivity index (χ0) is 12.6. The zero-order valence-electron chi connectivity index (χ0n) is 8.24. The Bertz CT molecular complexity index is 301. The second-order valence-corrected chi connectivity index (χ2v) is 4.61. The first-order valence-electron chi connectivity index (χ1n) is 4.13. The lowest BCUT2D eigenvalue weighted by atomic mass is 10.4. The minimum absolute atomic E-state index is 0.0422. The van der Waals surface area contributed by atoms with Gasteiger partial charge >= 0.3 is 5.97 Å². The number of hydrogen-bond donors (Lipinski definition) is 0. The summed E-state index contributed by atoms with van der Waals surface area (Å²) in [5.41, 5.74) is -0.0422. The third kappa shape index (κ3) is 7.12. The second-order valence-electron chi connectivity index (χ2n) is 2.41. The van der Waals surface area contributed by atoms with Crippen LogP contribution in [0.25, 0.3) is 0 Å². The van der Waals surface area contributed by atoms with E-state index >= 15 is 0 Å². The fourth-order valence-corrected chi connectivity index (χ4v) is 1.47. The van der Waals surface area contributed by atoms with Gasteiger partial charge < -0.3 is 4.84 Å². The monoisotopic (exact) mass is 303 g/mol. The van der Waals surface area contributed by atoms with E-state index in [1.165, 1.54) is 12.2 Å². The molecule has 0 aromatic rings. The highest BCUT2D eigenvalue weighted by molar-refractivity contribution is 6.64. The lowest BCUT2D eigenvalue weighted by molar-refractivity contribution is -0.137. The molecule has 0 amide bonds. The third-order valence-corrected chi connectivity index (χ3v) is 2.12. The molecule has 0 heterocycles. The first-order valence-corrected chi connectivity index (χ1v) is 5.88. The fourth-order valence-electron chi connectivity index (χ4n) is 0.548. The normalized spacial score (nSPS) is 11.7. The van der Waals surface area contributed by atoms with Gasteiger partial charge in [0.25, 0.3) is 0 Å². The van der Waals surface area contributed by atoms with Crippen LogP contribution in [0.15, 0.2) is 29.5 Å². The topological polar surface area (TPSA) is 38.7 Å². The molecule has 0 saturated carbocycles. The summed E-state index contributed by atoms with van der Waals surface area (Å²) < 4.78 is 0. The van der Waals surface area contributed by atoms with Crippen LogP contribution in [0, 0.1) is 0 Å². The summed E-state index contributed by atoms with van der Waals surface area (Å²) in [6, 6.07) is 0. The Hall–Kier alpha value is -0.220. The Morgan fingerprint density at radius 3 is 2.19 bits per heavy atom. The number of allylic oxidation sites excluding steroid dienone is 3. The number of hydrogen-bond acceptors (Lipinski definition) is 3. The molecule has 0 saturated heterocycles. The number of oxime groups is 1. The molecule has 90 valence electrons. The third-order valence-electron chi connectivity index (χ3n) is 1.22. The number of halogens is 4. The van der Waals surface area contributed by atoms with E-state index < -0.39 is 15.6 Å². The number of nitrogens with zero attached hydrogens (tertiary/aromatic N) is 1. The molecule has 0 aromatic carbocycles. The van der Waals surface area contributed by atoms with Crippen LogP contribution in [-0.4, -0.2) is 21.4 Å². The van der Waals surface area contributed by atoms with Gasteiger partial charge in [-0.05, 0) is 6.92 Å². The van der Waals surface area contributed by atoms with E-state index in [4.69, 9.17) is 46.4 Å². The molecule has 0 aliphatic heterocycles. The van der Waals surface area contributed by atoms with Crippen molar-refractivity contribution >= 4 is 58.1 Å². The summed E-state index contributed by atoms with van der Waals surface area (Å²) in [6.45, 7) is 1.81. The minimum Gasteiger partial charge on any atom is -0.313 e. The van der Waals surface area contributed by atoms with E-state index in [9.17, 15) is 4.79 Å². The summed E-state index contributed by atoms with van der Waals surface area (Å²) >= 11 is 22.0. The number of rotatable bonds is 5. The lowest BCUT2D eigenvalue weighted by Crippen LogP contribution is -2.17. The SMILES string of the molecule is C/C=C/C=C/C(=O)ON=C(C(Cl)Cl)C(Cl)Cl. The molecule has 0 aromatic heterocycles. The van der Waals surface area contributed by atoms with Gasteiger partial charge in [0.15, 0.2) is 9.67 Å². The lowest BCUT2D eigenvalue weighted by Gasteiger charge is -2.05. The highest BCUT2D eigenvalue weighted by atomic mass is 35.5. The predicted molar refractivity (Wildman–Crippen MR) is 68.5 cm³/mol. The van der Waals surface area contributed by atoms with Gasteiger partial charge in [0, 0.05) is 6.08 Å². The predicted octanol–water partition coefficient (Wildman–Crippen LogP) is 3.63. The maximum absolute atomic E-state index is 11.0. The maximum Gasteiger partial charge on any atom is 0.358 e. The van der Waals surface area contributed by atoms with Crippen molar-refractivity contribution in [2.45, 2.75) is 16.6 Å². The van der Waals surface area contributed by atoms with Crippen LogP contribution in [0.2, 0.25) is 0 Å². The second kappa shape index (κ2) is 8.88. The number of carbonyl (C=O) groups excluding carboxylic acids is 1. The summed E-state index contributed by atoms with van der Waals surface area (Å²) in [5, 5.41) is 3.37. The van der Waals surface area contributed by atoms with Gasteiger partial charge in [0.05, 0.1) is 0 Å². The summed E-state index contributed by atoms with van der Waals surface area (Å²) in [5.74, 6) is -0.682. The Morgan fingerprint density at radius 1 is 1.19 bits per heavy atom. The molecule has 7 heteroatoms. The molecule has 0 atom stereocenters. The minimum atomic E-state index is -1.03. The van der Waals surface area contributed by atoms with E-state index in [2.05, 4.69) is 9.99 Å². The van der Waals surface area contributed by atoms with Crippen LogP contribution in [-0.2, 0) is 9.63 Å². The average Bonchev–Trinajstić information content (AvgIpc) is 2.17. The summed E-state index contributed by atoms with van der Waals surface area (Å²) in [7, 11) is 0. The van der Waals surface area contributed by atoms with Crippen molar-refractivity contribution in [1.29, 1.82) is 0 Å². The highest BCUT2D eigenvalue weighted by Crippen LogP contribution is 2.15. The van der Waals surface area contributed by atoms with Gasteiger partial charge in [-0.3, -0.25) is 0 Å². The molecule has 3 nitrogen and oxygen atoms in total. The van der Waals surface area contributed by atoms with Gasteiger partial charge in [-0.15, -0.1) is 0 Å². The molecule has 0 N–H and O–H groups in total. The van der Waals surface area contributed by atoms with Crippen molar-refractivity contribution in [3.63, 3.8) is 0 Å². The van der Waals surface area contributed by atoms with E-state index in [-0.39, 0.29) is 5.71 Å². The van der Waals surface area contributed by atoms with Crippen LogP contribution in [0.1, 0.15) is 6.92 Å². The van der Waals surface area contributed by atoms with Crippen molar-refractivity contribution in [1.82, 2.24) is 0 Å². The number of alkyl halides is 4. The molecule has 0 aliphatic rings. The first-order chi connectivity index (χ1) is 7.49. The van der Waals surface area contributed by atoms with Crippen LogP contribution in [0.4, 0.5) is 0 Å². The van der Waals surface area contributed by atoms with Crippen molar-refractivity contribution in [2.24, 2.45) is 5.16 Å². The first kappa shape index (κ1) is 15.8. The quantitative estimate of drug-likeness (QED) is 0.194. The van der Waals surface area contributed by atoms with E-state index in [0.29, 0.717) is 0 Å². The zero-order valence-corrected chi connectivity index (χ0v) is 11.3. The summed E-state index contributed by atoms with van der Waals surface area (Å²) in [4.78, 5) is 13.4. The van der Waals surface area contributed by atoms with Crippen LogP contribution in [0.5, 0.6) is 0 Å². The standard InChI is InChI=1S/C9H9Cl4NO2/c1-2-3-4-5-6(15)16-14-7(8(10)11)9(12)13/h2-5,8-9H,1H3/b3-2+,5-4+. The van der Waals surface area contributed by atoms with Crippen LogP contribution < -0.4 is 0 Å². The largest absolute Gasteiger partial charge is 0.358 e. The van der Waals surface area contributed by atoms with E-state index in [0.717, 1.165) is 0 Å². The molecule has 0 fully saturated rings. The van der Waals surface area contributed by atoms with Gasteiger partial charge in [-0.25, -0.2) is 4.79 Å². The van der Waals surface area contributed by atoms with E-state index in [1.807, 2.05) is 6.92 Å². The molecular weight excluding hydrogens is 296 g/mol. The van der Waals surface area contributed by atoms with E-state index in [1.54, 1.807) is 12.2 Å². The Kier molecular flexibility index (Phi) is 8.76. The van der Waals surface area contributed by atoms with Crippen molar-refractivity contribution in [3.05, 3.63) is 24.3 Å². The van der Waals surface area contributed by atoms with Crippen LogP contribution >= 0.6 is 46.4 Å². The van der Waals surface area contributed by atoms with Crippen molar-refractivity contribution < 1.29 is 9.63 Å². The van der Waals surface area contributed by atoms with Crippen molar-refractivity contribution in [3.8, 4) is 0 Å². The smallest absolute Gasteiger partial charge is 0.313 e.